The zero-order chi connectivity index (χ0) is 19.5. The first-order chi connectivity index (χ1) is 13.6. The van der Waals surface area contributed by atoms with Crippen molar-refractivity contribution in [1.82, 2.24) is 15.1 Å². The number of ketones is 1. The number of piperazine rings is 1. The molecule has 146 valence electrons. The Labute approximate surface area is 164 Å². The van der Waals surface area contributed by atoms with Crippen molar-refractivity contribution in [3.8, 4) is 0 Å². The highest BCUT2D eigenvalue weighted by Crippen LogP contribution is 2.23. The number of hydrogen-bond donors (Lipinski definition) is 1. The number of aryl methyl sites for hydroxylation is 2. The molecule has 0 bridgehead atoms. The van der Waals surface area contributed by atoms with Gasteiger partial charge in [0.05, 0.1) is 12.2 Å². The SMILES string of the molecule is CC(=O)c1cccc(NC(=O)CN2CCN(c3cc4c(nn3)CCC4)CC2)c1. The third-order valence-corrected chi connectivity index (χ3v) is 5.42. The Hall–Kier alpha value is -2.80. The second-order valence-electron chi connectivity index (χ2n) is 7.48. The average Bonchev–Trinajstić information content (AvgIpc) is 3.16. The van der Waals surface area contributed by atoms with Crippen LogP contribution in [0.4, 0.5) is 11.5 Å². The van der Waals surface area contributed by atoms with Gasteiger partial charge in [-0.05, 0) is 49.9 Å². The lowest BCUT2D eigenvalue weighted by Gasteiger charge is -2.34. The smallest absolute Gasteiger partial charge is 0.238 e. The van der Waals surface area contributed by atoms with Gasteiger partial charge in [-0.15, -0.1) is 5.10 Å². The van der Waals surface area contributed by atoms with Crippen molar-refractivity contribution in [2.45, 2.75) is 26.2 Å². The highest BCUT2D eigenvalue weighted by Gasteiger charge is 2.22. The van der Waals surface area contributed by atoms with Crippen molar-refractivity contribution in [3.63, 3.8) is 0 Å². The van der Waals surface area contributed by atoms with Gasteiger partial charge in [-0.3, -0.25) is 14.5 Å². The lowest BCUT2D eigenvalue weighted by Crippen LogP contribution is -2.49. The Bertz CT molecular complexity index is 890. The van der Waals surface area contributed by atoms with Crippen LogP contribution >= 0.6 is 0 Å². The zero-order valence-corrected chi connectivity index (χ0v) is 16.1. The van der Waals surface area contributed by atoms with E-state index in [1.807, 2.05) is 0 Å². The number of nitrogens with zero attached hydrogens (tertiary/aromatic N) is 4. The van der Waals surface area contributed by atoms with Gasteiger partial charge in [0.15, 0.2) is 11.6 Å². The van der Waals surface area contributed by atoms with E-state index in [4.69, 9.17) is 0 Å². The molecule has 0 atom stereocenters. The number of benzene rings is 1. The molecule has 1 amide bonds. The topological polar surface area (TPSA) is 78.4 Å². The molecule has 7 nitrogen and oxygen atoms in total. The molecule has 28 heavy (non-hydrogen) atoms. The number of fused-ring (bicyclic) bond motifs is 1. The van der Waals surface area contributed by atoms with Gasteiger partial charge in [-0.25, -0.2) is 0 Å². The van der Waals surface area contributed by atoms with Gasteiger partial charge in [-0.1, -0.05) is 12.1 Å². The summed E-state index contributed by atoms with van der Waals surface area (Å²) in [5, 5.41) is 11.7. The van der Waals surface area contributed by atoms with Crippen molar-refractivity contribution in [1.29, 1.82) is 0 Å². The lowest BCUT2D eigenvalue weighted by molar-refractivity contribution is -0.117. The molecule has 0 unspecified atom stereocenters. The largest absolute Gasteiger partial charge is 0.353 e. The van der Waals surface area contributed by atoms with Gasteiger partial charge in [0.25, 0.3) is 0 Å². The maximum atomic E-state index is 12.4. The quantitative estimate of drug-likeness (QED) is 0.800. The fourth-order valence-corrected chi connectivity index (χ4v) is 3.83. The summed E-state index contributed by atoms with van der Waals surface area (Å²) < 4.78 is 0. The monoisotopic (exact) mass is 379 g/mol. The van der Waals surface area contributed by atoms with Crippen molar-refractivity contribution in [2.24, 2.45) is 0 Å². The van der Waals surface area contributed by atoms with E-state index >= 15 is 0 Å². The summed E-state index contributed by atoms with van der Waals surface area (Å²) >= 11 is 0. The highest BCUT2D eigenvalue weighted by molar-refractivity contribution is 5.97. The second-order valence-corrected chi connectivity index (χ2v) is 7.48. The number of amides is 1. The van der Waals surface area contributed by atoms with Crippen LogP contribution in [0.5, 0.6) is 0 Å². The zero-order valence-electron chi connectivity index (χ0n) is 16.1. The molecule has 2 aliphatic rings. The minimum Gasteiger partial charge on any atom is -0.353 e. The van der Waals surface area contributed by atoms with Crippen molar-refractivity contribution in [2.75, 3.05) is 42.9 Å². The standard InChI is InChI=1S/C21H25N5O2/c1-15(27)16-4-2-6-18(12-16)22-21(28)14-25-8-10-26(11-9-25)20-13-17-5-3-7-19(17)23-24-20/h2,4,6,12-13H,3,5,7-11,14H2,1H3,(H,22,28). The average molecular weight is 379 g/mol. The molecule has 2 aromatic rings. The first-order valence-electron chi connectivity index (χ1n) is 9.82. The number of anilines is 2. The van der Waals surface area contributed by atoms with Gasteiger partial charge in [0.2, 0.25) is 5.91 Å². The molecule has 1 aromatic heterocycles. The van der Waals surface area contributed by atoms with Crippen LogP contribution in [0.2, 0.25) is 0 Å². The Balaban J connectivity index is 1.29. The summed E-state index contributed by atoms with van der Waals surface area (Å²) in [6.45, 7) is 5.14. The predicted octanol–water partition coefficient (Wildman–Crippen LogP) is 1.93. The summed E-state index contributed by atoms with van der Waals surface area (Å²) in [4.78, 5) is 28.2. The van der Waals surface area contributed by atoms with Crippen LogP contribution in [0.1, 0.15) is 35.0 Å². The number of carbonyl (C=O) groups is 2. The van der Waals surface area contributed by atoms with Crippen LogP contribution < -0.4 is 10.2 Å². The summed E-state index contributed by atoms with van der Waals surface area (Å²) in [7, 11) is 0. The minimum atomic E-state index is -0.0634. The number of carbonyl (C=O) groups excluding carboxylic acids is 2. The maximum Gasteiger partial charge on any atom is 0.238 e. The van der Waals surface area contributed by atoms with Crippen LogP contribution in [0, 0.1) is 0 Å². The molecule has 1 N–H and O–H groups in total. The Kier molecular flexibility index (Phi) is 5.34. The number of aromatic nitrogens is 2. The van der Waals surface area contributed by atoms with E-state index in [-0.39, 0.29) is 11.7 Å². The molecule has 2 heterocycles. The van der Waals surface area contributed by atoms with E-state index in [1.54, 1.807) is 24.3 Å². The maximum absolute atomic E-state index is 12.4. The summed E-state index contributed by atoms with van der Waals surface area (Å²) in [5.74, 6) is 0.874. The third kappa shape index (κ3) is 4.20. The predicted molar refractivity (Wildman–Crippen MR) is 108 cm³/mol. The fourth-order valence-electron chi connectivity index (χ4n) is 3.83. The molecular formula is C21H25N5O2. The molecule has 0 radical (unpaired) electrons. The van der Waals surface area contributed by atoms with Crippen molar-refractivity contribution < 1.29 is 9.59 Å². The Morgan fingerprint density at radius 2 is 1.89 bits per heavy atom. The molecule has 1 saturated heterocycles. The summed E-state index contributed by atoms with van der Waals surface area (Å²) in [6.07, 6.45) is 3.31. The van der Waals surface area contributed by atoms with Crippen LogP contribution in [0.15, 0.2) is 30.3 Å². The normalized spacial score (nSPS) is 16.7. The fraction of sp³-hybridized carbons (Fsp3) is 0.429. The van der Waals surface area contributed by atoms with E-state index < -0.39 is 0 Å². The molecule has 1 aromatic carbocycles. The summed E-state index contributed by atoms with van der Waals surface area (Å²) in [5.41, 5.74) is 3.74. The van der Waals surface area contributed by atoms with Gasteiger partial charge >= 0.3 is 0 Å². The van der Waals surface area contributed by atoms with Crippen molar-refractivity contribution in [3.05, 3.63) is 47.2 Å². The third-order valence-electron chi connectivity index (χ3n) is 5.42. The molecule has 1 fully saturated rings. The van der Waals surface area contributed by atoms with Gasteiger partial charge in [-0.2, -0.15) is 5.10 Å². The van der Waals surface area contributed by atoms with Crippen molar-refractivity contribution >= 4 is 23.2 Å². The van der Waals surface area contributed by atoms with Crippen LogP contribution in [0.25, 0.3) is 0 Å². The van der Waals surface area contributed by atoms with E-state index in [0.717, 1.165) is 50.5 Å². The number of hydrogen-bond acceptors (Lipinski definition) is 6. The molecular weight excluding hydrogens is 354 g/mol. The minimum absolute atomic E-state index is 0.0122. The molecule has 7 heteroatoms. The molecule has 0 spiro atoms. The molecule has 0 saturated carbocycles. The summed E-state index contributed by atoms with van der Waals surface area (Å²) in [6, 6.07) is 9.22. The first kappa shape index (κ1) is 18.6. The number of Topliss-reactive ketones (excluding diaryl/α,β-unsaturated/α-hetero) is 1. The first-order valence-corrected chi connectivity index (χ1v) is 9.82. The van der Waals surface area contributed by atoms with E-state index in [0.29, 0.717) is 17.8 Å². The Morgan fingerprint density at radius 3 is 2.68 bits per heavy atom. The molecule has 1 aliphatic carbocycles. The van der Waals surface area contributed by atoms with Crippen LogP contribution in [-0.4, -0.2) is 59.5 Å². The van der Waals surface area contributed by atoms with Crippen LogP contribution in [0.3, 0.4) is 0 Å². The molecule has 4 rings (SSSR count). The van der Waals surface area contributed by atoms with Gasteiger partial charge in [0, 0.05) is 37.4 Å². The van der Waals surface area contributed by atoms with Gasteiger partial charge < -0.3 is 10.2 Å². The van der Waals surface area contributed by atoms with E-state index in [9.17, 15) is 9.59 Å². The van der Waals surface area contributed by atoms with Gasteiger partial charge in [0.1, 0.15) is 0 Å². The molecule has 1 aliphatic heterocycles. The van der Waals surface area contributed by atoms with E-state index in [2.05, 4.69) is 31.4 Å². The Morgan fingerprint density at radius 1 is 1.07 bits per heavy atom. The number of rotatable bonds is 5. The van der Waals surface area contributed by atoms with Crippen LogP contribution in [-0.2, 0) is 17.6 Å². The van der Waals surface area contributed by atoms with E-state index in [1.165, 1.54) is 18.9 Å². The number of nitrogens with one attached hydrogen (secondary N) is 1. The highest BCUT2D eigenvalue weighted by atomic mass is 16.2. The lowest BCUT2D eigenvalue weighted by atomic mass is 10.1. The second kappa shape index (κ2) is 8.06.